The Morgan fingerprint density at radius 3 is 2.26 bits per heavy atom. The molecule has 4 unspecified atom stereocenters. The number of aliphatic hydroxyl groups is 1. The van der Waals surface area contributed by atoms with Gasteiger partial charge in [0.1, 0.15) is 18.1 Å². The van der Waals surface area contributed by atoms with Crippen LogP contribution in [-0.2, 0) is 25.6 Å². The van der Waals surface area contributed by atoms with Gasteiger partial charge in [0.05, 0.1) is 12.6 Å². The zero-order valence-corrected chi connectivity index (χ0v) is 21.5. The first-order chi connectivity index (χ1) is 18.1. The lowest BCUT2D eigenvalue weighted by molar-refractivity contribution is -0.143. The number of para-hydroxylation sites is 1. The molecule has 12 N–H and O–H groups in total. The first-order valence-corrected chi connectivity index (χ1v) is 12.4. The van der Waals surface area contributed by atoms with Crippen LogP contribution in [0, 0.1) is 0 Å². The number of nitrogens with two attached hydrogens (primary N) is 3. The number of carbonyl (C=O) groups is 4. The molecule has 14 nitrogen and oxygen atoms in total. The number of benzene rings is 1. The van der Waals surface area contributed by atoms with Crippen LogP contribution in [0.4, 0.5) is 0 Å². The Bertz CT molecular complexity index is 1150. The number of aromatic amines is 1. The third-order valence-electron chi connectivity index (χ3n) is 5.64. The summed E-state index contributed by atoms with van der Waals surface area (Å²) in [5.41, 5.74) is 17.9. The summed E-state index contributed by atoms with van der Waals surface area (Å²) in [6.45, 7) is -0.656. The number of nitrogens with zero attached hydrogens (tertiary/aromatic N) is 1. The van der Waals surface area contributed by atoms with Gasteiger partial charge in [0, 0.05) is 35.8 Å². The average molecular weight is 551 g/mol. The molecule has 0 saturated heterocycles. The third kappa shape index (κ3) is 8.93. The Morgan fingerprint density at radius 2 is 1.63 bits per heavy atom. The van der Waals surface area contributed by atoms with Gasteiger partial charge in [-0.3, -0.25) is 19.4 Å². The molecule has 0 aliphatic rings. The summed E-state index contributed by atoms with van der Waals surface area (Å²) in [6.07, 6.45) is 2.10. The number of nitrogens with one attached hydrogen (secondary N) is 4. The summed E-state index contributed by atoms with van der Waals surface area (Å²) in [6, 6.07) is 2.42. The van der Waals surface area contributed by atoms with E-state index in [1.807, 2.05) is 24.3 Å². The second kappa shape index (κ2) is 14.8. The second-order valence-corrected chi connectivity index (χ2v) is 8.87. The monoisotopic (exact) mass is 550 g/mol. The van der Waals surface area contributed by atoms with Crippen LogP contribution in [-0.4, -0.2) is 87.9 Å². The number of thiol groups is 1. The molecule has 15 heteroatoms. The molecule has 0 bridgehead atoms. The number of amides is 3. The maximum atomic E-state index is 13.3. The number of rotatable bonds is 15. The van der Waals surface area contributed by atoms with Crippen LogP contribution < -0.4 is 33.2 Å². The van der Waals surface area contributed by atoms with Gasteiger partial charge in [-0.1, -0.05) is 18.2 Å². The first-order valence-electron chi connectivity index (χ1n) is 11.8. The fourth-order valence-electron chi connectivity index (χ4n) is 3.59. The fraction of sp³-hybridized carbons (Fsp3) is 0.435. The Hall–Kier alpha value is -3.82. The molecular formula is C23H34N8O6S. The van der Waals surface area contributed by atoms with Crippen LogP contribution in [0.5, 0.6) is 0 Å². The maximum Gasteiger partial charge on any atom is 0.328 e. The van der Waals surface area contributed by atoms with Gasteiger partial charge >= 0.3 is 5.97 Å². The predicted octanol–water partition coefficient (Wildman–Crippen LogP) is -2.45. The van der Waals surface area contributed by atoms with Crippen LogP contribution in [0.2, 0.25) is 0 Å². The highest BCUT2D eigenvalue weighted by molar-refractivity contribution is 7.80. The minimum absolute atomic E-state index is 0.00975. The van der Waals surface area contributed by atoms with Crippen molar-refractivity contribution in [3.05, 3.63) is 36.0 Å². The summed E-state index contributed by atoms with van der Waals surface area (Å²) in [5, 5.41) is 26.8. The summed E-state index contributed by atoms with van der Waals surface area (Å²) >= 11 is 4.00. The second-order valence-electron chi connectivity index (χ2n) is 8.51. The Kier molecular flexibility index (Phi) is 11.8. The van der Waals surface area contributed by atoms with E-state index in [1.165, 1.54) is 0 Å². The first kappa shape index (κ1) is 30.4. The van der Waals surface area contributed by atoms with Gasteiger partial charge in [0.15, 0.2) is 5.96 Å². The zero-order valence-electron chi connectivity index (χ0n) is 20.6. The van der Waals surface area contributed by atoms with Crippen LogP contribution in [0.25, 0.3) is 10.9 Å². The van der Waals surface area contributed by atoms with Crippen molar-refractivity contribution in [1.82, 2.24) is 20.9 Å². The number of aromatic nitrogens is 1. The third-order valence-corrected chi connectivity index (χ3v) is 6.03. The lowest BCUT2D eigenvalue weighted by atomic mass is 10.0. The lowest BCUT2D eigenvalue weighted by Crippen LogP contribution is -2.58. The largest absolute Gasteiger partial charge is 0.480 e. The summed E-state index contributed by atoms with van der Waals surface area (Å²) < 4.78 is 0. The standard InChI is InChI=1S/C23H34N8O6S/c24-14(11-38)19(33)29-16(6-3-7-27-23(25)26)20(34)30-17(21(35)31-18(10-32)22(36)37)8-12-9-28-15-5-2-1-4-13(12)15/h1-2,4-5,9,14,16-18,28,32,38H,3,6-8,10-11,24H2,(H,29,33)(H,30,34)(H,31,35)(H,36,37)(H4,25,26,27). The van der Waals surface area contributed by atoms with Gasteiger partial charge in [-0.15, -0.1) is 0 Å². The SMILES string of the molecule is NC(N)=NCCCC(NC(=O)C(N)CS)C(=O)NC(Cc1c[nH]c2ccccc12)C(=O)NC(CO)C(=O)O. The van der Waals surface area contributed by atoms with Gasteiger partial charge in [0.25, 0.3) is 0 Å². The quantitative estimate of drug-likeness (QED) is 0.0488. The van der Waals surface area contributed by atoms with Crippen LogP contribution >= 0.6 is 12.6 Å². The van der Waals surface area contributed by atoms with Gasteiger partial charge in [-0.05, 0) is 24.5 Å². The molecule has 1 heterocycles. The molecule has 4 atom stereocenters. The van der Waals surface area contributed by atoms with Crippen molar-refractivity contribution in [1.29, 1.82) is 0 Å². The number of hydrogen-bond donors (Lipinski definition) is 10. The molecule has 0 aliphatic carbocycles. The van der Waals surface area contributed by atoms with Crippen LogP contribution in [0.15, 0.2) is 35.5 Å². The number of aliphatic hydroxyl groups excluding tert-OH is 1. The summed E-state index contributed by atoms with van der Waals surface area (Å²) in [4.78, 5) is 57.1. The molecule has 0 radical (unpaired) electrons. The molecule has 0 saturated carbocycles. The smallest absolute Gasteiger partial charge is 0.328 e. The number of aliphatic carboxylic acids is 1. The topological polar surface area (TPSA) is 251 Å². The number of carboxylic acid groups (broad SMARTS) is 1. The van der Waals surface area contributed by atoms with Crippen molar-refractivity contribution in [3.63, 3.8) is 0 Å². The van der Waals surface area contributed by atoms with Crippen molar-refractivity contribution in [2.75, 3.05) is 18.9 Å². The number of carbonyl (C=O) groups excluding carboxylic acids is 3. The number of aliphatic imine (C=N–C) groups is 1. The van der Waals surface area contributed by atoms with Crippen molar-refractivity contribution in [2.45, 2.75) is 43.4 Å². The average Bonchev–Trinajstić information content (AvgIpc) is 3.30. The highest BCUT2D eigenvalue weighted by Crippen LogP contribution is 2.19. The Morgan fingerprint density at radius 1 is 1.00 bits per heavy atom. The number of carboxylic acids is 1. The number of H-pyrrole nitrogens is 1. The molecule has 0 spiro atoms. The van der Waals surface area contributed by atoms with Crippen LogP contribution in [0.1, 0.15) is 18.4 Å². The molecule has 208 valence electrons. The summed E-state index contributed by atoms with van der Waals surface area (Å²) in [7, 11) is 0. The van der Waals surface area contributed by atoms with Crippen molar-refractivity contribution in [3.8, 4) is 0 Å². The maximum absolute atomic E-state index is 13.3. The van der Waals surface area contributed by atoms with E-state index in [4.69, 9.17) is 17.2 Å². The van der Waals surface area contributed by atoms with Crippen molar-refractivity contribution < 1.29 is 29.4 Å². The van der Waals surface area contributed by atoms with E-state index in [0.29, 0.717) is 12.0 Å². The van der Waals surface area contributed by atoms with E-state index >= 15 is 0 Å². The molecule has 2 rings (SSSR count). The molecule has 3 amide bonds. The molecule has 0 fully saturated rings. The minimum atomic E-state index is -1.58. The van der Waals surface area contributed by atoms with Crippen molar-refractivity contribution in [2.24, 2.45) is 22.2 Å². The lowest BCUT2D eigenvalue weighted by Gasteiger charge is -2.25. The predicted molar refractivity (Wildman–Crippen MR) is 144 cm³/mol. The molecule has 38 heavy (non-hydrogen) atoms. The van der Waals surface area contributed by atoms with E-state index in [9.17, 15) is 29.4 Å². The molecule has 0 aliphatic heterocycles. The van der Waals surface area contributed by atoms with Crippen molar-refractivity contribution >= 4 is 53.2 Å². The van der Waals surface area contributed by atoms with E-state index in [2.05, 4.69) is 38.6 Å². The summed E-state index contributed by atoms with van der Waals surface area (Å²) in [5.74, 6) is -3.68. The zero-order chi connectivity index (χ0) is 28.2. The molecule has 2 aromatic rings. The van der Waals surface area contributed by atoms with Gasteiger partial charge in [-0.2, -0.15) is 12.6 Å². The van der Waals surface area contributed by atoms with E-state index in [0.717, 1.165) is 10.9 Å². The van der Waals surface area contributed by atoms with E-state index in [1.54, 1.807) is 6.20 Å². The molecule has 1 aromatic carbocycles. The fourth-order valence-corrected chi connectivity index (χ4v) is 3.76. The Labute approximate surface area is 224 Å². The van der Waals surface area contributed by atoms with E-state index in [-0.39, 0.29) is 31.1 Å². The van der Waals surface area contributed by atoms with Gasteiger partial charge in [0.2, 0.25) is 17.7 Å². The van der Waals surface area contributed by atoms with Gasteiger partial charge < -0.3 is 48.3 Å². The van der Waals surface area contributed by atoms with Gasteiger partial charge in [-0.25, -0.2) is 4.79 Å². The molecular weight excluding hydrogens is 516 g/mol. The normalized spacial score (nSPS) is 14.1. The highest BCUT2D eigenvalue weighted by atomic mass is 32.1. The number of hydrogen-bond acceptors (Lipinski definition) is 8. The minimum Gasteiger partial charge on any atom is -0.480 e. The molecule has 1 aromatic heterocycles. The Balaban J connectivity index is 2.29. The number of guanidine groups is 1. The highest BCUT2D eigenvalue weighted by Gasteiger charge is 2.30. The van der Waals surface area contributed by atoms with Crippen LogP contribution in [0.3, 0.4) is 0 Å². The van der Waals surface area contributed by atoms with E-state index < -0.39 is 54.5 Å². The number of fused-ring (bicyclic) bond motifs is 1.